The summed E-state index contributed by atoms with van der Waals surface area (Å²) >= 11 is 7.58. The molecule has 0 aliphatic carbocycles. The van der Waals surface area contributed by atoms with Crippen LogP contribution in [0.2, 0.25) is 5.02 Å². The average molecular weight is 831 g/mol. The van der Waals surface area contributed by atoms with Gasteiger partial charge in [-0.15, -0.1) is 21.5 Å². The first-order chi connectivity index (χ1) is 27.9. The number of aryl methyl sites for hydroxylation is 1. The molecule has 3 aliphatic heterocycles. The molecule has 3 atom stereocenters. The number of hydrogen-bond acceptors (Lipinski definition) is 14. The van der Waals surface area contributed by atoms with Crippen molar-refractivity contribution in [2.24, 2.45) is 4.99 Å². The summed E-state index contributed by atoms with van der Waals surface area (Å²) in [5.74, 6) is -2.39. The van der Waals surface area contributed by atoms with Crippen molar-refractivity contribution in [3.05, 3.63) is 91.8 Å². The molecule has 1 saturated heterocycles. The highest BCUT2D eigenvalue weighted by molar-refractivity contribution is 7.15. The summed E-state index contributed by atoms with van der Waals surface area (Å²) in [7, 11) is 1.32. The van der Waals surface area contributed by atoms with Gasteiger partial charge in [-0.05, 0) is 69.5 Å². The fourth-order valence-electron chi connectivity index (χ4n) is 7.15. The van der Waals surface area contributed by atoms with Gasteiger partial charge in [0.05, 0.1) is 35.2 Å². The predicted molar refractivity (Wildman–Crippen MR) is 209 cm³/mol. The van der Waals surface area contributed by atoms with Crippen LogP contribution in [0.15, 0.2) is 47.5 Å². The maximum atomic E-state index is 13.3. The fraction of sp³-hybridized carbons (Fsp3) is 0.359. The maximum absolute atomic E-state index is 13.3. The minimum atomic E-state index is -1.12. The Hall–Kier alpha value is -5.82. The lowest BCUT2D eigenvalue weighted by Crippen LogP contribution is -2.54. The van der Waals surface area contributed by atoms with Crippen LogP contribution >= 0.6 is 22.9 Å². The summed E-state index contributed by atoms with van der Waals surface area (Å²) in [6, 6.07) is 9.86. The van der Waals surface area contributed by atoms with E-state index in [9.17, 15) is 33.9 Å². The van der Waals surface area contributed by atoms with Gasteiger partial charge in [-0.3, -0.25) is 53.9 Å². The Bertz CT molecular complexity index is 2360. The molecule has 7 rings (SSSR count). The Labute approximate surface area is 340 Å². The number of aromatic nitrogens is 3. The number of thiophene rings is 1. The number of aliphatic imine (C=N–C) groups is 1. The van der Waals surface area contributed by atoms with Crippen LogP contribution in [0.5, 0.6) is 5.75 Å². The molecule has 2 unspecified atom stereocenters. The number of esters is 1. The summed E-state index contributed by atoms with van der Waals surface area (Å²) in [6.07, 6.45) is 0.100. The minimum absolute atomic E-state index is 0.00400. The number of halogens is 1. The second-order valence-electron chi connectivity index (χ2n) is 13.8. The highest BCUT2D eigenvalue weighted by atomic mass is 35.5. The number of benzene rings is 2. The lowest BCUT2D eigenvalue weighted by Gasteiger charge is -2.27. The second kappa shape index (κ2) is 17.0. The summed E-state index contributed by atoms with van der Waals surface area (Å²) < 4.78 is 12.5. The Balaban J connectivity index is 0.950. The van der Waals surface area contributed by atoms with Crippen LogP contribution in [-0.4, -0.2) is 98.8 Å². The zero-order valence-corrected chi connectivity index (χ0v) is 33.2. The second-order valence-corrected chi connectivity index (χ2v) is 15.3. The van der Waals surface area contributed by atoms with E-state index in [1.165, 1.54) is 36.6 Å². The van der Waals surface area contributed by atoms with Gasteiger partial charge >= 0.3 is 5.97 Å². The molecule has 0 spiro atoms. The number of carbonyl (C=O) groups excluding carboxylic acids is 6. The van der Waals surface area contributed by atoms with E-state index >= 15 is 0 Å². The monoisotopic (exact) mass is 830 g/mol. The number of piperidine rings is 1. The first-order valence-corrected chi connectivity index (χ1v) is 19.7. The number of nitrogens with one attached hydrogen (secondary N) is 3. The number of methoxy groups -OCH3 is 1. The number of fused-ring (bicyclic) bond motifs is 4. The van der Waals surface area contributed by atoms with E-state index in [2.05, 4.69) is 26.1 Å². The first kappa shape index (κ1) is 40.4. The third kappa shape index (κ3) is 7.87. The molecule has 5 amide bonds. The van der Waals surface area contributed by atoms with Gasteiger partial charge in [0.15, 0.2) is 12.4 Å². The van der Waals surface area contributed by atoms with Gasteiger partial charge < -0.3 is 19.9 Å². The number of unbranched alkanes of at least 4 members (excludes halogenated alkanes) is 1. The standard InChI is InChI=1S/C39H39ClN8O9S/c1-19-30-32(21-9-11-22(40)12-10-21)43-24(17-29(51)56-3)34-46-45-20(2)47(34)39(30)58-33(19)36(53)42-16-5-4-15-41-28(50)18-57-26-8-6-7-23-31(26)38(55)48(37(23)54)25-13-14-27(49)44-35(25)52/h6-12,24-25,36,42,53H,4-5,13-18H2,1-3H3,(H,41,50)(H,44,49,52)/t24-,25?,36?/m0/s1. The van der Waals surface area contributed by atoms with Gasteiger partial charge in [0, 0.05) is 29.1 Å². The van der Waals surface area contributed by atoms with Crippen molar-refractivity contribution in [1.82, 2.24) is 35.6 Å². The van der Waals surface area contributed by atoms with Crippen molar-refractivity contribution in [3.8, 4) is 10.8 Å². The van der Waals surface area contributed by atoms with E-state index in [0.29, 0.717) is 53.2 Å². The molecular weight excluding hydrogens is 792 g/mol. The molecule has 2 aromatic heterocycles. The van der Waals surface area contributed by atoms with Crippen molar-refractivity contribution >= 4 is 64.2 Å². The average Bonchev–Trinajstić information content (AvgIpc) is 3.80. The van der Waals surface area contributed by atoms with E-state index in [1.54, 1.807) is 12.1 Å². The van der Waals surface area contributed by atoms with Gasteiger partial charge in [0.25, 0.3) is 17.7 Å². The predicted octanol–water partition coefficient (Wildman–Crippen LogP) is 3.01. The topological polar surface area (TPSA) is 224 Å². The summed E-state index contributed by atoms with van der Waals surface area (Å²) in [6.45, 7) is 4.02. The van der Waals surface area contributed by atoms with Gasteiger partial charge in [0.1, 0.15) is 34.9 Å². The largest absolute Gasteiger partial charge is 0.483 e. The SMILES string of the molecule is COC(=O)C[C@@H]1N=C(c2ccc(Cl)cc2)c2c(sc(C(O)NCCCCNC(=O)COc3cccc4c3C(=O)N(C3CCC(=O)NC3=O)C4=O)c2C)-n2c(C)nnc21. The number of aliphatic hydroxyl groups excluding tert-OH is 1. The smallest absolute Gasteiger partial charge is 0.308 e. The highest BCUT2D eigenvalue weighted by Crippen LogP contribution is 2.42. The van der Waals surface area contributed by atoms with E-state index < -0.39 is 60.4 Å². The van der Waals surface area contributed by atoms with Crippen LogP contribution in [0.1, 0.15) is 98.3 Å². The molecule has 58 heavy (non-hydrogen) atoms. The number of carbonyl (C=O) groups is 6. The number of aliphatic hydroxyl groups is 1. The van der Waals surface area contributed by atoms with Crippen LogP contribution in [-0.2, 0) is 23.9 Å². The van der Waals surface area contributed by atoms with Crippen molar-refractivity contribution in [3.63, 3.8) is 0 Å². The lowest BCUT2D eigenvalue weighted by molar-refractivity contribution is -0.141. The minimum Gasteiger partial charge on any atom is -0.483 e. The van der Waals surface area contributed by atoms with Crippen LogP contribution in [0.3, 0.4) is 0 Å². The van der Waals surface area contributed by atoms with Gasteiger partial charge in [-0.1, -0.05) is 29.8 Å². The molecule has 2 aromatic carbocycles. The van der Waals surface area contributed by atoms with Crippen LogP contribution < -0.4 is 20.7 Å². The van der Waals surface area contributed by atoms with E-state index in [1.807, 2.05) is 30.5 Å². The van der Waals surface area contributed by atoms with Crippen molar-refractivity contribution in [2.75, 3.05) is 26.8 Å². The summed E-state index contributed by atoms with van der Waals surface area (Å²) in [5.41, 5.74) is 2.95. The number of imide groups is 2. The molecule has 4 aromatic rings. The number of amides is 5. The molecular formula is C39H39ClN8O9S. The van der Waals surface area contributed by atoms with Crippen LogP contribution in [0.4, 0.5) is 0 Å². The van der Waals surface area contributed by atoms with Crippen molar-refractivity contribution in [1.29, 1.82) is 0 Å². The molecule has 3 aliphatic rings. The Morgan fingerprint density at radius 3 is 2.53 bits per heavy atom. The fourth-order valence-corrected chi connectivity index (χ4v) is 8.60. The van der Waals surface area contributed by atoms with Crippen LogP contribution in [0.25, 0.3) is 5.00 Å². The van der Waals surface area contributed by atoms with Crippen molar-refractivity contribution in [2.45, 2.75) is 64.3 Å². The lowest BCUT2D eigenvalue weighted by atomic mass is 9.99. The maximum Gasteiger partial charge on any atom is 0.308 e. The number of nitrogens with zero attached hydrogens (tertiary/aromatic N) is 5. The van der Waals surface area contributed by atoms with E-state index in [-0.39, 0.29) is 36.1 Å². The summed E-state index contributed by atoms with van der Waals surface area (Å²) in [4.78, 5) is 82.0. The Morgan fingerprint density at radius 1 is 1.03 bits per heavy atom. The normalized spacial score (nSPS) is 17.8. The molecule has 4 N–H and O–H groups in total. The third-order valence-corrected chi connectivity index (χ3v) is 11.6. The third-order valence-electron chi connectivity index (χ3n) is 10.0. The quantitative estimate of drug-likeness (QED) is 0.0623. The number of ether oxygens (including phenoxy) is 2. The molecule has 302 valence electrons. The molecule has 5 heterocycles. The molecule has 0 saturated carbocycles. The molecule has 1 fully saturated rings. The summed E-state index contributed by atoms with van der Waals surface area (Å²) in [5, 5.41) is 29.5. The molecule has 0 radical (unpaired) electrons. The number of rotatable bonds is 14. The van der Waals surface area contributed by atoms with Gasteiger partial charge in [0.2, 0.25) is 11.8 Å². The molecule has 19 heteroatoms. The zero-order valence-electron chi connectivity index (χ0n) is 31.7. The highest BCUT2D eigenvalue weighted by Gasteiger charge is 2.46. The zero-order chi connectivity index (χ0) is 41.2. The first-order valence-electron chi connectivity index (χ1n) is 18.5. The van der Waals surface area contributed by atoms with Crippen molar-refractivity contribution < 1.29 is 43.3 Å². The van der Waals surface area contributed by atoms with Gasteiger partial charge in [-0.25, -0.2) is 0 Å². The Morgan fingerprint density at radius 2 is 1.79 bits per heavy atom. The molecule has 17 nitrogen and oxygen atoms in total. The van der Waals surface area contributed by atoms with E-state index in [0.717, 1.165) is 26.6 Å². The number of hydrogen-bond donors (Lipinski definition) is 4. The van der Waals surface area contributed by atoms with Gasteiger partial charge in [-0.2, -0.15) is 0 Å². The molecule has 0 bridgehead atoms. The van der Waals surface area contributed by atoms with Crippen LogP contribution in [0, 0.1) is 13.8 Å². The van der Waals surface area contributed by atoms with E-state index in [4.69, 9.17) is 26.1 Å². The Kier molecular flexibility index (Phi) is 11.8.